The van der Waals surface area contributed by atoms with Gasteiger partial charge in [0, 0.05) is 5.33 Å². The number of aryl methyl sites for hydroxylation is 2. The number of benzene rings is 1. The van der Waals surface area contributed by atoms with Crippen LogP contribution in [0.4, 0.5) is 8.78 Å². The molecule has 0 radical (unpaired) electrons. The maximum absolute atomic E-state index is 11.9. The smallest absolute Gasteiger partial charge is 0.387 e. The maximum Gasteiger partial charge on any atom is 0.387 e. The predicted octanol–water partition coefficient (Wildman–Crippen LogP) is 3.92. The van der Waals surface area contributed by atoms with Crippen LogP contribution in [0.15, 0.2) is 18.2 Å². The van der Waals surface area contributed by atoms with Gasteiger partial charge in [-0.25, -0.2) is 0 Å². The molecule has 0 bridgehead atoms. The third kappa shape index (κ3) is 4.16. The quantitative estimate of drug-likeness (QED) is 0.742. The lowest BCUT2D eigenvalue weighted by atomic mass is 10.0. The van der Waals surface area contributed by atoms with Crippen molar-refractivity contribution in [1.82, 2.24) is 0 Å². The summed E-state index contributed by atoms with van der Waals surface area (Å²) in [6.45, 7) is -0.847. The number of ether oxygens (including phenoxy) is 1. The van der Waals surface area contributed by atoms with Gasteiger partial charge in [0.1, 0.15) is 5.75 Å². The van der Waals surface area contributed by atoms with Gasteiger partial charge in [0.2, 0.25) is 0 Å². The first-order valence-electron chi connectivity index (χ1n) is 4.74. The third-order valence-corrected chi connectivity index (χ3v) is 2.68. The second-order valence-corrected chi connectivity index (χ2v) is 4.05. The molecule has 0 aromatic heterocycles. The van der Waals surface area contributed by atoms with Gasteiger partial charge in [-0.05, 0) is 43.0 Å². The van der Waals surface area contributed by atoms with Crippen LogP contribution >= 0.6 is 15.9 Å². The molecule has 0 unspecified atom stereocenters. The SMILES string of the molecule is Cc1cc(OC(F)F)ccc1CCCBr. The Morgan fingerprint density at radius 3 is 2.67 bits per heavy atom. The minimum Gasteiger partial charge on any atom is -0.435 e. The van der Waals surface area contributed by atoms with Crippen molar-refractivity contribution in [3.05, 3.63) is 29.3 Å². The summed E-state index contributed by atoms with van der Waals surface area (Å²) in [7, 11) is 0. The first-order chi connectivity index (χ1) is 7.13. The molecule has 0 spiro atoms. The third-order valence-electron chi connectivity index (χ3n) is 2.12. The molecule has 0 amide bonds. The first-order valence-corrected chi connectivity index (χ1v) is 5.86. The summed E-state index contributed by atoms with van der Waals surface area (Å²) in [6.07, 6.45) is 1.99. The summed E-state index contributed by atoms with van der Waals surface area (Å²) in [5.41, 5.74) is 2.17. The van der Waals surface area contributed by atoms with E-state index in [0.717, 1.165) is 23.7 Å². The van der Waals surface area contributed by atoms with Gasteiger partial charge in [-0.15, -0.1) is 0 Å². The number of halogens is 3. The van der Waals surface area contributed by atoms with Gasteiger partial charge >= 0.3 is 6.61 Å². The van der Waals surface area contributed by atoms with Crippen LogP contribution in [0, 0.1) is 6.92 Å². The zero-order chi connectivity index (χ0) is 11.3. The first kappa shape index (κ1) is 12.4. The van der Waals surface area contributed by atoms with Gasteiger partial charge in [-0.3, -0.25) is 0 Å². The van der Waals surface area contributed by atoms with Crippen LogP contribution in [-0.4, -0.2) is 11.9 Å². The van der Waals surface area contributed by atoms with Crippen molar-refractivity contribution >= 4 is 15.9 Å². The molecule has 1 aromatic carbocycles. The van der Waals surface area contributed by atoms with Crippen molar-refractivity contribution in [2.24, 2.45) is 0 Å². The van der Waals surface area contributed by atoms with E-state index in [1.54, 1.807) is 12.1 Å². The monoisotopic (exact) mass is 278 g/mol. The molecule has 84 valence electrons. The Morgan fingerprint density at radius 1 is 1.40 bits per heavy atom. The largest absolute Gasteiger partial charge is 0.435 e. The molecule has 1 aromatic rings. The summed E-state index contributed by atoms with van der Waals surface area (Å²) in [5.74, 6) is 0.227. The fourth-order valence-electron chi connectivity index (χ4n) is 1.38. The molecule has 1 rings (SSSR count). The molecule has 1 nitrogen and oxygen atoms in total. The highest BCUT2D eigenvalue weighted by Crippen LogP contribution is 2.20. The fraction of sp³-hybridized carbons (Fsp3) is 0.455. The lowest BCUT2D eigenvalue weighted by Crippen LogP contribution is -2.02. The molecule has 0 saturated carbocycles. The second kappa shape index (κ2) is 6.05. The van der Waals surface area contributed by atoms with Crippen LogP contribution in [0.1, 0.15) is 17.5 Å². The molecule has 15 heavy (non-hydrogen) atoms. The minimum atomic E-state index is -2.75. The molecular formula is C11H13BrF2O. The zero-order valence-corrected chi connectivity index (χ0v) is 10.1. The Labute approximate surface area is 96.6 Å². The summed E-state index contributed by atoms with van der Waals surface area (Å²) in [6, 6.07) is 5.08. The van der Waals surface area contributed by atoms with E-state index in [2.05, 4.69) is 20.7 Å². The number of alkyl halides is 3. The molecule has 4 heteroatoms. The Morgan fingerprint density at radius 2 is 2.13 bits per heavy atom. The van der Waals surface area contributed by atoms with Crippen molar-refractivity contribution in [3.8, 4) is 5.75 Å². The van der Waals surface area contributed by atoms with Gasteiger partial charge in [0.25, 0.3) is 0 Å². The number of rotatable bonds is 5. The van der Waals surface area contributed by atoms with Crippen molar-refractivity contribution in [2.75, 3.05) is 5.33 Å². The van der Waals surface area contributed by atoms with Crippen LogP contribution in [0.3, 0.4) is 0 Å². The van der Waals surface area contributed by atoms with Gasteiger partial charge in [0.05, 0.1) is 0 Å². The van der Waals surface area contributed by atoms with E-state index in [9.17, 15) is 8.78 Å². The topological polar surface area (TPSA) is 9.23 Å². The van der Waals surface area contributed by atoms with Gasteiger partial charge < -0.3 is 4.74 Å². The van der Waals surface area contributed by atoms with Crippen LogP contribution in [0.25, 0.3) is 0 Å². The normalized spacial score (nSPS) is 10.7. The van der Waals surface area contributed by atoms with Crippen LogP contribution in [0.2, 0.25) is 0 Å². The lowest BCUT2D eigenvalue weighted by molar-refractivity contribution is -0.0498. The van der Waals surface area contributed by atoms with E-state index < -0.39 is 6.61 Å². The van der Waals surface area contributed by atoms with E-state index in [-0.39, 0.29) is 5.75 Å². The van der Waals surface area contributed by atoms with Crippen LogP contribution in [0.5, 0.6) is 5.75 Å². The molecule has 0 aliphatic rings. The maximum atomic E-state index is 11.9. The zero-order valence-electron chi connectivity index (χ0n) is 8.47. The molecule has 0 fully saturated rings. The summed E-state index contributed by atoms with van der Waals surface area (Å²) < 4.78 is 28.2. The second-order valence-electron chi connectivity index (χ2n) is 3.26. The van der Waals surface area contributed by atoms with Gasteiger partial charge in [-0.2, -0.15) is 8.78 Å². The molecule has 0 N–H and O–H groups in total. The van der Waals surface area contributed by atoms with E-state index in [4.69, 9.17) is 0 Å². The Kier molecular flexibility index (Phi) is 5.02. The molecule has 0 aliphatic heterocycles. The lowest BCUT2D eigenvalue weighted by Gasteiger charge is -2.08. The Hall–Kier alpha value is -0.640. The minimum absolute atomic E-state index is 0.227. The van der Waals surface area contributed by atoms with Crippen molar-refractivity contribution < 1.29 is 13.5 Å². The van der Waals surface area contributed by atoms with Crippen molar-refractivity contribution in [2.45, 2.75) is 26.4 Å². The molecule has 0 aliphatic carbocycles. The van der Waals surface area contributed by atoms with E-state index in [1.807, 2.05) is 13.0 Å². The van der Waals surface area contributed by atoms with Gasteiger partial charge in [0.15, 0.2) is 0 Å². The standard InChI is InChI=1S/C11H13BrF2O/c1-8-7-10(15-11(13)14)5-4-9(8)3-2-6-12/h4-5,7,11H,2-3,6H2,1H3. The van der Waals surface area contributed by atoms with E-state index >= 15 is 0 Å². The summed E-state index contributed by atoms with van der Waals surface area (Å²) in [4.78, 5) is 0. The summed E-state index contributed by atoms with van der Waals surface area (Å²) in [5, 5.41) is 0.946. The highest BCUT2D eigenvalue weighted by molar-refractivity contribution is 9.09. The molecule has 0 atom stereocenters. The molecular weight excluding hydrogens is 266 g/mol. The van der Waals surface area contributed by atoms with Gasteiger partial charge in [-0.1, -0.05) is 22.0 Å². The predicted molar refractivity (Wildman–Crippen MR) is 59.9 cm³/mol. The molecule has 0 heterocycles. The fourth-order valence-corrected chi connectivity index (χ4v) is 1.66. The average molecular weight is 279 g/mol. The van der Waals surface area contributed by atoms with E-state index in [0.29, 0.717) is 0 Å². The van der Waals surface area contributed by atoms with E-state index in [1.165, 1.54) is 5.56 Å². The van der Waals surface area contributed by atoms with Crippen molar-refractivity contribution in [1.29, 1.82) is 0 Å². The average Bonchev–Trinajstić information content (AvgIpc) is 2.15. The van der Waals surface area contributed by atoms with Crippen LogP contribution < -0.4 is 4.74 Å². The highest BCUT2D eigenvalue weighted by atomic mass is 79.9. The number of hydrogen-bond donors (Lipinski definition) is 0. The highest BCUT2D eigenvalue weighted by Gasteiger charge is 2.05. The summed E-state index contributed by atoms with van der Waals surface area (Å²) >= 11 is 3.35. The molecule has 0 saturated heterocycles. The van der Waals surface area contributed by atoms with Crippen LogP contribution in [-0.2, 0) is 6.42 Å². The Bertz CT molecular complexity index is 315. The Balaban J connectivity index is 2.69. The van der Waals surface area contributed by atoms with Crippen molar-refractivity contribution in [3.63, 3.8) is 0 Å². The number of hydrogen-bond acceptors (Lipinski definition) is 1.